The van der Waals surface area contributed by atoms with Gasteiger partial charge in [0.2, 0.25) is 0 Å². The van der Waals surface area contributed by atoms with Crippen molar-refractivity contribution in [2.24, 2.45) is 0 Å². The SMILES string of the molecule is CCCCOc1cc(C(F)(F)F)nc2ccc(COc3ccccc3CCCC(=O)O)cc12. The second-order valence-electron chi connectivity index (χ2n) is 7.70. The number of pyridine rings is 1. The molecule has 0 radical (unpaired) electrons. The molecule has 0 spiro atoms. The normalized spacial score (nSPS) is 11.5. The van der Waals surface area contributed by atoms with Crippen LogP contribution in [0.25, 0.3) is 10.9 Å². The number of carboxylic acid groups (broad SMARTS) is 1. The number of alkyl halides is 3. The first-order chi connectivity index (χ1) is 15.8. The highest BCUT2D eigenvalue weighted by Gasteiger charge is 2.33. The van der Waals surface area contributed by atoms with E-state index in [9.17, 15) is 18.0 Å². The molecule has 1 aromatic heterocycles. The molecule has 1 heterocycles. The number of benzene rings is 2. The van der Waals surface area contributed by atoms with Gasteiger partial charge in [-0.3, -0.25) is 4.79 Å². The first-order valence-corrected chi connectivity index (χ1v) is 10.8. The highest BCUT2D eigenvalue weighted by molar-refractivity contribution is 5.86. The number of hydrogen-bond acceptors (Lipinski definition) is 4. The van der Waals surface area contributed by atoms with E-state index in [1.54, 1.807) is 12.1 Å². The van der Waals surface area contributed by atoms with E-state index in [-0.39, 0.29) is 24.3 Å². The minimum Gasteiger partial charge on any atom is -0.493 e. The van der Waals surface area contributed by atoms with Gasteiger partial charge in [-0.1, -0.05) is 37.6 Å². The number of para-hydroxylation sites is 1. The summed E-state index contributed by atoms with van der Waals surface area (Å²) in [4.78, 5) is 14.5. The summed E-state index contributed by atoms with van der Waals surface area (Å²) in [7, 11) is 0. The molecular weight excluding hydrogens is 435 g/mol. The molecule has 176 valence electrons. The van der Waals surface area contributed by atoms with Gasteiger partial charge in [-0.05, 0) is 48.6 Å². The third-order valence-corrected chi connectivity index (χ3v) is 5.08. The van der Waals surface area contributed by atoms with Crippen LogP contribution in [0.1, 0.15) is 49.4 Å². The molecule has 5 nitrogen and oxygen atoms in total. The van der Waals surface area contributed by atoms with Gasteiger partial charge in [0, 0.05) is 17.9 Å². The lowest BCUT2D eigenvalue weighted by atomic mass is 10.1. The quantitative estimate of drug-likeness (QED) is 0.334. The molecule has 3 rings (SSSR count). The van der Waals surface area contributed by atoms with Crippen LogP contribution >= 0.6 is 0 Å². The number of aromatic nitrogens is 1. The standard InChI is InChI=1S/C25H26F3NO4/c1-2-3-13-32-22-15-23(25(26,27)28)29-20-12-11-17(14-19(20)22)16-33-21-9-5-4-7-18(21)8-6-10-24(30)31/h4-5,7,9,11-12,14-15H,2-3,6,8,10,13,16H2,1H3,(H,30,31). The Morgan fingerprint density at radius 1 is 1.03 bits per heavy atom. The van der Waals surface area contributed by atoms with Gasteiger partial charge in [0.25, 0.3) is 0 Å². The molecule has 0 amide bonds. The van der Waals surface area contributed by atoms with Gasteiger partial charge in [0.05, 0.1) is 12.1 Å². The summed E-state index contributed by atoms with van der Waals surface area (Å²) in [5.41, 5.74) is 0.874. The predicted molar refractivity (Wildman–Crippen MR) is 118 cm³/mol. The molecule has 1 N–H and O–H groups in total. The van der Waals surface area contributed by atoms with Crippen LogP contribution in [-0.4, -0.2) is 22.7 Å². The Bertz CT molecular complexity index is 1100. The molecule has 0 saturated carbocycles. The van der Waals surface area contributed by atoms with Crippen molar-refractivity contribution in [3.63, 3.8) is 0 Å². The van der Waals surface area contributed by atoms with Crippen LogP contribution in [0.4, 0.5) is 13.2 Å². The average molecular weight is 461 g/mol. The second-order valence-corrected chi connectivity index (χ2v) is 7.70. The number of carbonyl (C=O) groups is 1. The Balaban J connectivity index is 1.82. The number of nitrogens with zero attached hydrogens (tertiary/aromatic N) is 1. The van der Waals surface area contributed by atoms with Crippen LogP contribution < -0.4 is 9.47 Å². The van der Waals surface area contributed by atoms with Crippen molar-refractivity contribution < 1.29 is 32.5 Å². The van der Waals surface area contributed by atoms with E-state index in [1.165, 1.54) is 6.07 Å². The van der Waals surface area contributed by atoms with E-state index >= 15 is 0 Å². The summed E-state index contributed by atoms with van der Waals surface area (Å²) in [6, 6.07) is 13.3. The van der Waals surface area contributed by atoms with E-state index in [0.717, 1.165) is 30.0 Å². The Morgan fingerprint density at radius 3 is 2.55 bits per heavy atom. The van der Waals surface area contributed by atoms with Crippen LogP contribution in [0.2, 0.25) is 0 Å². The molecule has 0 aliphatic carbocycles. The maximum atomic E-state index is 13.3. The van der Waals surface area contributed by atoms with Crippen LogP contribution in [0.3, 0.4) is 0 Å². The Kier molecular flexibility index (Phi) is 8.14. The van der Waals surface area contributed by atoms with Crippen molar-refractivity contribution in [3.8, 4) is 11.5 Å². The first kappa shape index (κ1) is 24.4. The lowest BCUT2D eigenvalue weighted by Crippen LogP contribution is -2.09. The molecule has 8 heteroatoms. The topological polar surface area (TPSA) is 68.7 Å². The number of fused-ring (bicyclic) bond motifs is 1. The molecule has 0 fully saturated rings. The van der Waals surface area contributed by atoms with E-state index in [2.05, 4.69) is 4.98 Å². The first-order valence-electron chi connectivity index (χ1n) is 10.8. The minimum absolute atomic E-state index is 0.0761. The van der Waals surface area contributed by atoms with Crippen molar-refractivity contribution in [2.75, 3.05) is 6.61 Å². The van der Waals surface area contributed by atoms with E-state index in [0.29, 0.717) is 30.6 Å². The van der Waals surface area contributed by atoms with Crippen molar-refractivity contribution in [1.82, 2.24) is 4.98 Å². The second kappa shape index (κ2) is 11.0. The zero-order valence-corrected chi connectivity index (χ0v) is 18.3. The van der Waals surface area contributed by atoms with Gasteiger partial charge in [-0.15, -0.1) is 0 Å². The van der Waals surface area contributed by atoms with Crippen molar-refractivity contribution in [3.05, 3.63) is 65.4 Å². The lowest BCUT2D eigenvalue weighted by molar-refractivity contribution is -0.141. The molecular formula is C25H26F3NO4. The fourth-order valence-electron chi connectivity index (χ4n) is 3.37. The highest BCUT2D eigenvalue weighted by Crippen LogP contribution is 2.35. The fraction of sp³-hybridized carbons (Fsp3) is 0.360. The maximum Gasteiger partial charge on any atom is 0.433 e. The molecule has 0 saturated heterocycles. The lowest BCUT2D eigenvalue weighted by Gasteiger charge is -2.15. The molecule has 0 bridgehead atoms. The van der Waals surface area contributed by atoms with Gasteiger partial charge >= 0.3 is 12.1 Å². The third-order valence-electron chi connectivity index (χ3n) is 5.08. The molecule has 3 aromatic rings. The zero-order chi connectivity index (χ0) is 23.8. The van der Waals surface area contributed by atoms with Gasteiger partial charge in [-0.2, -0.15) is 13.2 Å². The number of aryl methyl sites for hydroxylation is 1. The van der Waals surface area contributed by atoms with Crippen LogP contribution in [-0.2, 0) is 24.0 Å². The number of aliphatic carboxylic acids is 1. The van der Waals surface area contributed by atoms with Crippen LogP contribution in [0.5, 0.6) is 11.5 Å². The number of unbranched alkanes of at least 4 members (excludes halogenated alkanes) is 1. The van der Waals surface area contributed by atoms with Crippen molar-refractivity contribution in [1.29, 1.82) is 0 Å². The maximum absolute atomic E-state index is 13.3. The zero-order valence-electron chi connectivity index (χ0n) is 18.3. The summed E-state index contributed by atoms with van der Waals surface area (Å²) < 4.78 is 51.4. The van der Waals surface area contributed by atoms with Crippen LogP contribution in [0.15, 0.2) is 48.5 Å². The van der Waals surface area contributed by atoms with E-state index < -0.39 is 17.8 Å². The highest BCUT2D eigenvalue weighted by atomic mass is 19.4. The fourth-order valence-corrected chi connectivity index (χ4v) is 3.37. The van der Waals surface area contributed by atoms with Crippen molar-refractivity contribution in [2.45, 2.75) is 51.8 Å². The Hall–Kier alpha value is -3.29. The number of hydrogen-bond donors (Lipinski definition) is 1. The number of carboxylic acids is 1. The smallest absolute Gasteiger partial charge is 0.433 e. The summed E-state index contributed by atoms with van der Waals surface area (Å²) in [6.07, 6.45) is -1.83. The molecule has 33 heavy (non-hydrogen) atoms. The number of rotatable bonds is 11. The molecule has 0 atom stereocenters. The van der Waals surface area contributed by atoms with Gasteiger partial charge in [0.1, 0.15) is 23.8 Å². The summed E-state index contributed by atoms with van der Waals surface area (Å²) in [5.74, 6) is -0.0477. The Morgan fingerprint density at radius 2 is 1.82 bits per heavy atom. The van der Waals surface area contributed by atoms with E-state index in [4.69, 9.17) is 14.6 Å². The minimum atomic E-state index is -4.57. The Labute approximate surface area is 190 Å². The molecule has 2 aromatic carbocycles. The van der Waals surface area contributed by atoms with Gasteiger partial charge < -0.3 is 14.6 Å². The predicted octanol–water partition coefficient (Wildman–Crippen LogP) is 6.42. The van der Waals surface area contributed by atoms with Gasteiger partial charge in [0.15, 0.2) is 0 Å². The average Bonchev–Trinajstić information content (AvgIpc) is 2.77. The summed E-state index contributed by atoms with van der Waals surface area (Å²) in [6.45, 7) is 2.49. The third kappa shape index (κ3) is 6.84. The number of halogens is 3. The molecule has 0 unspecified atom stereocenters. The summed E-state index contributed by atoms with van der Waals surface area (Å²) >= 11 is 0. The van der Waals surface area contributed by atoms with Crippen molar-refractivity contribution >= 4 is 16.9 Å². The molecule has 0 aliphatic rings. The monoisotopic (exact) mass is 461 g/mol. The van der Waals surface area contributed by atoms with E-state index in [1.807, 2.05) is 31.2 Å². The van der Waals surface area contributed by atoms with Crippen LogP contribution in [0, 0.1) is 0 Å². The molecule has 0 aliphatic heterocycles. The largest absolute Gasteiger partial charge is 0.493 e. The summed E-state index contributed by atoms with van der Waals surface area (Å²) in [5, 5.41) is 9.34. The van der Waals surface area contributed by atoms with Gasteiger partial charge in [-0.25, -0.2) is 4.98 Å². The number of ether oxygens (including phenoxy) is 2.